The van der Waals surface area contributed by atoms with Crippen LogP contribution < -0.4 is 21.6 Å². The van der Waals surface area contributed by atoms with Crippen molar-refractivity contribution in [2.24, 2.45) is 0 Å². The fourth-order valence-corrected chi connectivity index (χ4v) is 5.93. The molecule has 11 heteroatoms. The predicted molar refractivity (Wildman–Crippen MR) is 176 cm³/mol. The van der Waals surface area contributed by atoms with E-state index in [1.807, 2.05) is 65.8 Å². The van der Waals surface area contributed by atoms with Crippen molar-refractivity contribution in [2.75, 3.05) is 10.6 Å². The van der Waals surface area contributed by atoms with Gasteiger partial charge in [-0.25, -0.2) is 0 Å². The van der Waals surface area contributed by atoms with Crippen LogP contribution in [0.15, 0.2) is 84.8 Å². The fourth-order valence-electron chi connectivity index (χ4n) is 5.64. The molecule has 2 aliphatic rings. The quantitative estimate of drug-likeness (QED) is 0.116. The Balaban J connectivity index is 1.50. The lowest BCUT2D eigenvalue weighted by Gasteiger charge is -2.35. The molecule has 1 aliphatic carbocycles. The molecule has 1 aliphatic heterocycles. The maximum Gasteiger partial charge on any atom is 0.162 e. The lowest BCUT2D eigenvalue weighted by Crippen LogP contribution is -2.45. The molecular weight excluding hydrogens is 583 g/mol. The van der Waals surface area contributed by atoms with Crippen LogP contribution in [0.4, 0.5) is 11.4 Å². The molecule has 4 aromatic rings. The summed E-state index contributed by atoms with van der Waals surface area (Å²) in [5.41, 5.74) is 9.43. The number of pyridine rings is 1. The van der Waals surface area contributed by atoms with Crippen molar-refractivity contribution in [1.82, 2.24) is 21.0 Å². The largest absolute Gasteiger partial charge is 0.378 e. The lowest BCUT2D eigenvalue weighted by molar-refractivity contribution is 0.101. The normalized spacial score (nSPS) is 16.1. The van der Waals surface area contributed by atoms with Gasteiger partial charge in [-0.3, -0.25) is 14.8 Å². The summed E-state index contributed by atoms with van der Waals surface area (Å²) in [6.07, 6.45) is 6.37. The van der Waals surface area contributed by atoms with Gasteiger partial charge in [0.15, 0.2) is 5.78 Å². The molecule has 1 aromatic heterocycles. The van der Waals surface area contributed by atoms with Gasteiger partial charge in [-0.2, -0.15) is 10.5 Å². The van der Waals surface area contributed by atoms with Gasteiger partial charge < -0.3 is 16.1 Å². The first-order chi connectivity index (χ1) is 21.8. The molecule has 0 amide bonds. The van der Waals surface area contributed by atoms with E-state index in [1.54, 1.807) is 12.1 Å². The summed E-state index contributed by atoms with van der Waals surface area (Å²) in [6.45, 7) is 1.48. The molecule has 1 fully saturated rings. The van der Waals surface area contributed by atoms with Crippen molar-refractivity contribution >= 4 is 47.5 Å². The van der Waals surface area contributed by atoms with E-state index in [-0.39, 0.29) is 11.8 Å². The van der Waals surface area contributed by atoms with Crippen molar-refractivity contribution in [3.05, 3.63) is 112 Å². The molecule has 6 rings (SSSR count). The minimum atomic E-state index is -1.34. The van der Waals surface area contributed by atoms with Crippen molar-refractivity contribution < 1.29 is 4.79 Å². The highest BCUT2D eigenvalue weighted by atomic mass is 35.5. The molecule has 3 aromatic carbocycles. The second-order valence-corrected chi connectivity index (χ2v) is 11.7. The van der Waals surface area contributed by atoms with Crippen molar-refractivity contribution in [3.63, 3.8) is 0 Å². The number of nitrogens with one attached hydrogen (secondary N) is 4. The molecule has 0 bridgehead atoms. The van der Waals surface area contributed by atoms with E-state index in [0.29, 0.717) is 68.6 Å². The van der Waals surface area contributed by atoms with Gasteiger partial charge in [0.25, 0.3) is 0 Å². The Kier molecular flexibility index (Phi) is 8.36. The van der Waals surface area contributed by atoms with E-state index in [4.69, 9.17) is 19.4 Å². The maximum atomic E-state index is 13.1. The average Bonchev–Trinajstić information content (AvgIpc) is 3.78. The Hall–Kier alpha value is -5.03. The van der Waals surface area contributed by atoms with E-state index in [0.717, 1.165) is 18.4 Å². The van der Waals surface area contributed by atoms with Gasteiger partial charge in [-0.1, -0.05) is 60.1 Å². The minimum absolute atomic E-state index is 0.198. The fraction of sp³-hybridized carbons (Fsp3) is 0.235. The summed E-state index contributed by atoms with van der Waals surface area (Å²) >= 11 is 6.72. The third-order valence-corrected chi connectivity index (χ3v) is 8.46. The number of carbonyl (C=O) groups excluding carboxylic acids is 1. The van der Waals surface area contributed by atoms with Crippen LogP contribution in [-0.4, -0.2) is 29.7 Å². The first-order valence-electron chi connectivity index (χ1n) is 14.7. The molecule has 0 saturated heterocycles. The van der Waals surface area contributed by atoms with Gasteiger partial charge in [-0.15, -0.1) is 5.53 Å². The zero-order valence-corrected chi connectivity index (χ0v) is 25.4. The van der Waals surface area contributed by atoms with Crippen LogP contribution in [-0.2, 0) is 5.44 Å². The number of rotatable bonds is 11. The molecule has 1 unspecified atom stereocenters. The highest BCUT2D eigenvalue weighted by molar-refractivity contribution is 6.33. The summed E-state index contributed by atoms with van der Waals surface area (Å²) in [7, 11) is 7.22. The second kappa shape index (κ2) is 12.5. The van der Waals surface area contributed by atoms with Crippen LogP contribution in [0.3, 0.4) is 0 Å². The third-order valence-electron chi connectivity index (χ3n) is 8.13. The highest BCUT2D eigenvalue weighted by Gasteiger charge is 2.39. The Labute approximate surface area is 268 Å². The van der Waals surface area contributed by atoms with Crippen molar-refractivity contribution in [1.29, 1.82) is 10.5 Å². The second-order valence-electron chi connectivity index (χ2n) is 11.3. The molecular formula is C34H30BClN8O. The molecule has 222 valence electrons. The molecule has 2 radical (unpaired) electrons. The van der Waals surface area contributed by atoms with E-state index in [2.05, 4.69) is 38.7 Å². The SMILES string of the molecule is [B]C(Nc1cc(C(C)=O)c2ncc(C#N)c(N[C@H](CCC#N)c3ccccc3)c2c1)(C1=CN(C2CC2)NN1)c1ccccc1Cl. The third kappa shape index (κ3) is 6.03. The number of benzene rings is 3. The molecule has 45 heavy (non-hydrogen) atoms. The summed E-state index contributed by atoms with van der Waals surface area (Å²) in [5, 5.41) is 29.5. The van der Waals surface area contributed by atoms with Gasteiger partial charge in [0.1, 0.15) is 13.9 Å². The maximum absolute atomic E-state index is 13.1. The molecule has 1 saturated carbocycles. The van der Waals surface area contributed by atoms with Crippen LogP contribution in [0.2, 0.25) is 5.02 Å². The van der Waals surface area contributed by atoms with Gasteiger partial charge in [0.05, 0.1) is 40.0 Å². The average molecular weight is 613 g/mol. The predicted octanol–water partition coefficient (Wildman–Crippen LogP) is 6.18. The number of hydrogen-bond acceptors (Lipinski definition) is 9. The zero-order valence-electron chi connectivity index (χ0n) is 24.6. The summed E-state index contributed by atoms with van der Waals surface area (Å²) in [4.78, 5) is 17.6. The molecule has 9 nitrogen and oxygen atoms in total. The Morgan fingerprint density at radius 2 is 1.93 bits per heavy atom. The number of ketones is 1. The first-order valence-corrected chi connectivity index (χ1v) is 15.1. The monoisotopic (exact) mass is 612 g/mol. The highest BCUT2D eigenvalue weighted by Crippen LogP contribution is 2.40. The van der Waals surface area contributed by atoms with Gasteiger partial charge in [0, 0.05) is 46.5 Å². The van der Waals surface area contributed by atoms with E-state index >= 15 is 0 Å². The van der Waals surface area contributed by atoms with Crippen LogP contribution in [0.5, 0.6) is 0 Å². The number of Topliss-reactive ketones (excluding diaryl/α,β-unsaturated/α-hetero) is 1. The molecule has 4 N–H and O–H groups in total. The number of halogens is 1. The van der Waals surface area contributed by atoms with Gasteiger partial charge in [0.2, 0.25) is 0 Å². The number of anilines is 2. The van der Waals surface area contributed by atoms with Crippen LogP contribution >= 0.6 is 11.6 Å². The standard InChI is InChI=1S/C34H30BClN8O/c1-21(45)26-16-24(41-34(35,28-10-5-6-11-29(28)36)31-20-44(43-42-31)25-13-14-25)17-27-32(23(18-38)19-39-33(26)27)40-30(12-7-15-37)22-8-3-2-4-9-22/h2-6,8-11,16-17,19-20,25,30,41-43H,7,12-14H2,1H3,(H,39,40)/t30-,34?/m1/s1. The number of nitriles is 2. The number of carbonyl (C=O) groups is 1. The molecule has 2 atom stereocenters. The summed E-state index contributed by atoms with van der Waals surface area (Å²) < 4.78 is 0. The number of nitrogens with zero attached hydrogens (tertiary/aromatic N) is 4. The zero-order chi connectivity index (χ0) is 31.6. The van der Waals surface area contributed by atoms with Crippen LogP contribution in [0.25, 0.3) is 10.9 Å². The smallest absolute Gasteiger partial charge is 0.162 e. The molecule has 0 spiro atoms. The van der Waals surface area contributed by atoms with E-state index in [9.17, 15) is 15.3 Å². The number of fused-ring (bicyclic) bond motifs is 1. The number of hydrogen-bond donors (Lipinski definition) is 4. The van der Waals surface area contributed by atoms with Gasteiger partial charge >= 0.3 is 0 Å². The van der Waals surface area contributed by atoms with Crippen LogP contribution in [0, 0.1) is 22.7 Å². The van der Waals surface area contributed by atoms with Crippen molar-refractivity contribution in [3.8, 4) is 12.1 Å². The van der Waals surface area contributed by atoms with E-state index < -0.39 is 5.44 Å². The first kappa shape index (κ1) is 30.0. The summed E-state index contributed by atoms with van der Waals surface area (Å²) in [5.74, 6) is -0.198. The summed E-state index contributed by atoms with van der Waals surface area (Å²) in [6, 6.07) is 25.2. The van der Waals surface area contributed by atoms with Gasteiger partial charge in [-0.05, 0) is 55.5 Å². The van der Waals surface area contributed by atoms with Crippen molar-refractivity contribution in [2.45, 2.75) is 50.1 Å². The molecule has 2 heterocycles. The lowest BCUT2D eigenvalue weighted by atomic mass is 9.69. The topological polar surface area (TPSA) is 129 Å². The van der Waals surface area contributed by atoms with Crippen LogP contribution in [0.1, 0.15) is 65.7 Å². The Morgan fingerprint density at radius 3 is 2.62 bits per heavy atom. The Bertz CT molecular complexity index is 1880. The number of hydrazine groups is 2. The number of aromatic nitrogens is 1. The minimum Gasteiger partial charge on any atom is -0.378 e. The Morgan fingerprint density at radius 1 is 1.18 bits per heavy atom. The van der Waals surface area contributed by atoms with E-state index in [1.165, 1.54) is 13.1 Å².